The first kappa shape index (κ1) is 23.9. The largest absolute Gasteiger partial charge is 0.497 e. The number of hydrogen-bond acceptors (Lipinski definition) is 4. The van der Waals surface area contributed by atoms with Crippen LogP contribution in [0, 0.1) is 0 Å². The van der Waals surface area contributed by atoms with Crippen molar-refractivity contribution >= 4 is 35.6 Å². The number of nitrogens with zero attached hydrogens (tertiary/aromatic N) is 2. The second-order valence-corrected chi connectivity index (χ2v) is 6.96. The van der Waals surface area contributed by atoms with Gasteiger partial charge in [0.2, 0.25) is 0 Å². The summed E-state index contributed by atoms with van der Waals surface area (Å²) in [6.45, 7) is 5.35. The minimum absolute atomic E-state index is 0. The van der Waals surface area contributed by atoms with Gasteiger partial charge in [0.15, 0.2) is 5.96 Å². The van der Waals surface area contributed by atoms with Crippen LogP contribution in [0.2, 0.25) is 0 Å². The highest BCUT2D eigenvalue weighted by Crippen LogP contribution is 2.20. The quantitative estimate of drug-likeness (QED) is 0.239. The Balaban J connectivity index is 0.00000320. The summed E-state index contributed by atoms with van der Waals surface area (Å²) in [5.41, 5.74) is 2.47. The molecular weight excluding hydrogens is 491 g/mol. The Morgan fingerprint density at radius 3 is 2.43 bits per heavy atom. The molecule has 1 atom stereocenters. The number of aliphatic imine (C=N–C) groups is 1. The van der Waals surface area contributed by atoms with Gasteiger partial charge in [-0.05, 0) is 36.8 Å². The van der Waals surface area contributed by atoms with Crippen LogP contribution in [0.4, 0.5) is 5.69 Å². The number of nitrogens with one attached hydrogen (secondary N) is 2. The molecule has 1 aliphatic rings. The summed E-state index contributed by atoms with van der Waals surface area (Å²) in [6, 6.07) is 16.3. The minimum Gasteiger partial charge on any atom is -0.497 e. The molecule has 0 amide bonds. The Morgan fingerprint density at radius 2 is 1.77 bits per heavy atom. The molecule has 0 bridgehead atoms. The molecule has 0 fully saturated rings. The van der Waals surface area contributed by atoms with Gasteiger partial charge >= 0.3 is 0 Å². The number of ether oxygens (including phenoxy) is 2. The molecule has 0 aromatic heterocycles. The van der Waals surface area contributed by atoms with Gasteiger partial charge in [0, 0.05) is 38.4 Å². The number of benzene rings is 2. The summed E-state index contributed by atoms with van der Waals surface area (Å²) in [5.74, 6) is 2.32. The van der Waals surface area contributed by atoms with Crippen LogP contribution in [0.1, 0.15) is 12.5 Å². The van der Waals surface area contributed by atoms with Crippen LogP contribution in [0.15, 0.2) is 65.7 Å². The van der Waals surface area contributed by atoms with Crippen LogP contribution in [-0.2, 0) is 6.54 Å². The number of methoxy groups -OCH3 is 1. The molecule has 3 rings (SSSR count). The van der Waals surface area contributed by atoms with Gasteiger partial charge in [0.05, 0.1) is 13.7 Å². The van der Waals surface area contributed by atoms with Crippen LogP contribution >= 0.6 is 24.0 Å². The van der Waals surface area contributed by atoms with E-state index in [4.69, 9.17) is 9.47 Å². The molecule has 0 aliphatic carbocycles. The van der Waals surface area contributed by atoms with Crippen molar-refractivity contribution < 1.29 is 9.47 Å². The highest BCUT2D eigenvalue weighted by atomic mass is 127. The van der Waals surface area contributed by atoms with Crippen LogP contribution in [0.5, 0.6) is 11.5 Å². The average molecular weight is 522 g/mol. The summed E-state index contributed by atoms with van der Waals surface area (Å²) in [4.78, 5) is 6.63. The van der Waals surface area contributed by atoms with E-state index in [0.29, 0.717) is 13.1 Å². The first-order chi connectivity index (χ1) is 14.2. The summed E-state index contributed by atoms with van der Waals surface area (Å²) in [7, 11) is 3.42. The highest BCUT2D eigenvalue weighted by molar-refractivity contribution is 14.0. The molecule has 1 unspecified atom stereocenters. The Hall–Kier alpha value is -2.42. The Morgan fingerprint density at radius 1 is 1.07 bits per heavy atom. The van der Waals surface area contributed by atoms with Crippen molar-refractivity contribution in [2.24, 2.45) is 4.99 Å². The van der Waals surface area contributed by atoms with Crippen LogP contribution in [-0.4, -0.2) is 45.9 Å². The van der Waals surface area contributed by atoms with Crippen molar-refractivity contribution in [3.05, 3.63) is 66.2 Å². The lowest BCUT2D eigenvalue weighted by atomic mass is 10.2. The highest BCUT2D eigenvalue weighted by Gasteiger charge is 2.08. The van der Waals surface area contributed by atoms with E-state index in [9.17, 15) is 0 Å². The third kappa shape index (κ3) is 7.12. The molecule has 0 saturated carbocycles. The van der Waals surface area contributed by atoms with E-state index in [2.05, 4.69) is 56.9 Å². The van der Waals surface area contributed by atoms with Gasteiger partial charge in [-0.2, -0.15) is 0 Å². The minimum atomic E-state index is -0.0194. The second kappa shape index (κ2) is 12.3. The number of halogens is 1. The molecule has 162 valence electrons. The van der Waals surface area contributed by atoms with Crippen LogP contribution in [0.25, 0.3) is 0 Å². The molecule has 0 saturated heterocycles. The molecule has 0 spiro atoms. The maximum absolute atomic E-state index is 5.94. The normalized spacial score (nSPS) is 14.1. The molecular formula is C23H31IN4O2. The molecule has 2 aromatic carbocycles. The fourth-order valence-electron chi connectivity index (χ4n) is 3.11. The van der Waals surface area contributed by atoms with Gasteiger partial charge < -0.3 is 25.0 Å². The zero-order valence-electron chi connectivity index (χ0n) is 17.8. The maximum atomic E-state index is 5.94. The first-order valence-corrected chi connectivity index (χ1v) is 9.92. The van der Waals surface area contributed by atoms with Crippen molar-refractivity contribution in [2.75, 3.05) is 38.7 Å². The smallest absolute Gasteiger partial charge is 0.191 e. The Kier molecular flexibility index (Phi) is 9.79. The predicted octanol–water partition coefficient (Wildman–Crippen LogP) is 3.82. The van der Waals surface area contributed by atoms with E-state index in [1.54, 1.807) is 14.2 Å². The standard InChI is InChI=1S/C23H30N4O2.HI/c1-18(29-22-8-6-7-21(15-22)28-3)16-25-23(24-2)26-17-19-9-11-20(12-10-19)27-13-4-5-14-27;/h4-12,15,18H,13-14,16-17H2,1-3H3,(H2,24,25,26);1H. The zero-order valence-corrected chi connectivity index (χ0v) is 20.1. The van der Waals surface area contributed by atoms with Gasteiger partial charge in [-0.1, -0.05) is 30.4 Å². The maximum Gasteiger partial charge on any atom is 0.191 e. The van der Waals surface area contributed by atoms with Crippen molar-refractivity contribution in [1.82, 2.24) is 10.6 Å². The molecule has 1 aliphatic heterocycles. The molecule has 7 heteroatoms. The second-order valence-electron chi connectivity index (χ2n) is 6.96. The molecule has 1 heterocycles. The first-order valence-electron chi connectivity index (χ1n) is 9.92. The van der Waals surface area contributed by atoms with Gasteiger partial charge in [0.25, 0.3) is 0 Å². The third-order valence-electron chi connectivity index (χ3n) is 4.74. The number of rotatable bonds is 8. The van der Waals surface area contributed by atoms with Gasteiger partial charge in [-0.25, -0.2) is 0 Å². The number of anilines is 1. The van der Waals surface area contributed by atoms with E-state index in [0.717, 1.165) is 30.5 Å². The van der Waals surface area contributed by atoms with Crippen molar-refractivity contribution in [3.63, 3.8) is 0 Å². The lowest BCUT2D eigenvalue weighted by Crippen LogP contribution is -2.41. The van der Waals surface area contributed by atoms with Gasteiger partial charge in [0.1, 0.15) is 17.6 Å². The monoisotopic (exact) mass is 522 g/mol. The molecule has 0 radical (unpaired) electrons. The van der Waals surface area contributed by atoms with E-state index < -0.39 is 0 Å². The third-order valence-corrected chi connectivity index (χ3v) is 4.74. The van der Waals surface area contributed by atoms with E-state index in [1.165, 1.54) is 11.3 Å². The molecule has 6 nitrogen and oxygen atoms in total. The van der Waals surface area contributed by atoms with E-state index in [-0.39, 0.29) is 30.1 Å². The number of hydrogen-bond donors (Lipinski definition) is 2. The number of guanidine groups is 1. The predicted molar refractivity (Wildman–Crippen MR) is 134 cm³/mol. The lowest BCUT2D eigenvalue weighted by molar-refractivity contribution is 0.223. The zero-order chi connectivity index (χ0) is 20.5. The topological polar surface area (TPSA) is 58.1 Å². The molecule has 2 aromatic rings. The van der Waals surface area contributed by atoms with E-state index in [1.807, 2.05) is 31.2 Å². The van der Waals surface area contributed by atoms with Gasteiger partial charge in [-0.15, -0.1) is 24.0 Å². The summed E-state index contributed by atoms with van der Waals surface area (Å²) >= 11 is 0. The Labute approximate surface area is 196 Å². The summed E-state index contributed by atoms with van der Waals surface area (Å²) in [5, 5.41) is 6.66. The fraction of sp³-hybridized carbons (Fsp3) is 0.348. The van der Waals surface area contributed by atoms with E-state index >= 15 is 0 Å². The average Bonchev–Trinajstić information content (AvgIpc) is 3.29. The SMILES string of the molecule is CN=C(NCc1ccc(N2CC=CC2)cc1)NCC(C)Oc1cccc(OC)c1.I. The van der Waals surface area contributed by atoms with Crippen LogP contribution in [0.3, 0.4) is 0 Å². The van der Waals surface area contributed by atoms with Crippen molar-refractivity contribution in [1.29, 1.82) is 0 Å². The molecule has 30 heavy (non-hydrogen) atoms. The Bertz CT molecular complexity index is 831. The van der Waals surface area contributed by atoms with Crippen molar-refractivity contribution in [3.8, 4) is 11.5 Å². The molecule has 2 N–H and O–H groups in total. The van der Waals surface area contributed by atoms with Crippen molar-refractivity contribution in [2.45, 2.75) is 19.6 Å². The summed E-state index contributed by atoms with van der Waals surface area (Å²) in [6.07, 6.45) is 4.38. The summed E-state index contributed by atoms with van der Waals surface area (Å²) < 4.78 is 11.2. The van der Waals surface area contributed by atoms with Gasteiger partial charge in [-0.3, -0.25) is 4.99 Å². The fourth-order valence-corrected chi connectivity index (χ4v) is 3.11. The lowest BCUT2D eigenvalue weighted by Gasteiger charge is -2.19. The van der Waals surface area contributed by atoms with Crippen LogP contribution < -0.4 is 25.0 Å².